The van der Waals surface area contributed by atoms with Gasteiger partial charge in [-0.1, -0.05) is 19.3 Å². The van der Waals surface area contributed by atoms with Gasteiger partial charge in [0.25, 0.3) is 0 Å². The van der Waals surface area contributed by atoms with E-state index in [1.54, 1.807) is 0 Å². The van der Waals surface area contributed by atoms with Crippen LogP contribution in [0.4, 0.5) is 0 Å². The van der Waals surface area contributed by atoms with E-state index in [1.165, 1.54) is 19.3 Å². The largest absolute Gasteiger partial charge is 0.368 e. The zero-order chi connectivity index (χ0) is 11.1. The van der Waals surface area contributed by atoms with Gasteiger partial charge in [-0.05, 0) is 12.8 Å². The molecule has 1 amide bonds. The van der Waals surface area contributed by atoms with Crippen molar-refractivity contribution < 1.29 is 4.79 Å². The molecule has 0 aliphatic heterocycles. The number of carbonyl (C=O) groups excluding carboxylic acids is 1. The predicted octanol–water partition coefficient (Wildman–Crippen LogP) is -0.787. The van der Waals surface area contributed by atoms with Gasteiger partial charge in [0.05, 0.1) is 0 Å². The summed E-state index contributed by atoms with van der Waals surface area (Å²) in [7, 11) is 0. The molecule has 6 heteroatoms. The van der Waals surface area contributed by atoms with E-state index >= 15 is 0 Å². The molecule has 1 rings (SSSR count). The van der Waals surface area contributed by atoms with Gasteiger partial charge in [0.15, 0.2) is 0 Å². The Morgan fingerprint density at radius 1 is 1.33 bits per heavy atom. The Morgan fingerprint density at radius 2 is 2.00 bits per heavy atom. The molecule has 15 heavy (non-hydrogen) atoms. The van der Waals surface area contributed by atoms with Crippen molar-refractivity contribution in [1.29, 1.82) is 0 Å². The van der Waals surface area contributed by atoms with Crippen LogP contribution in [-0.2, 0) is 4.79 Å². The lowest BCUT2D eigenvalue weighted by Gasteiger charge is -2.24. The van der Waals surface area contributed by atoms with E-state index in [-0.39, 0.29) is 6.54 Å². The smallest absolute Gasteiger partial charge is 0.239 e. The Bertz CT molecular complexity index is 235. The van der Waals surface area contributed by atoms with Crippen molar-refractivity contribution in [3.8, 4) is 0 Å². The molecular formula is C9H19N5O. The number of guanidine groups is 1. The van der Waals surface area contributed by atoms with Gasteiger partial charge in [0.2, 0.25) is 11.9 Å². The quantitative estimate of drug-likeness (QED) is 0.213. The lowest BCUT2D eigenvalue weighted by molar-refractivity contribution is -0.116. The highest BCUT2D eigenvalue weighted by Gasteiger charge is 2.14. The summed E-state index contributed by atoms with van der Waals surface area (Å²) in [6.45, 7) is -0.0424. The third-order valence-electron chi connectivity index (χ3n) is 2.48. The zero-order valence-corrected chi connectivity index (χ0v) is 8.83. The van der Waals surface area contributed by atoms with E-state index in [4.69, 9.17) is 11.6 Å². The number of carbonyl (C=O) groups is 1. The van der Waals surface area contributed by atoms with Crippen LogP contribution in [0.5, 0.6) is 0 Å². The first-order chi connectivity index (χ1) is 7.22. The van der Waals surface area contributed by atoms with Crippen molar-refractivity contribution in [3.63, 3.8) is 0 Å². The second-order valence-electron chi connectivity index (χ2n) is 3.75. The Hall–Kier alpha value is -1.30. The first-order valence-corrected chi connectivity index (χ1v) is 5.28. The summed E-state index contributed by atoms with van der Waals surface area (Å²) in [5.41, 5.74) is 7.42. The third-order valence-corrected chi connectivity index (χ3v) is 2.48. The van der Waals surface area contributed by atoms with E-state index < -0.39 is 5.91 Å². The van der Waals surface area contributed by atoms with Crippen LogP contribution in [-0.4, -0.2) is 24.5 Å². The van der Waals surface area contributed by atoms with Gasteiger partial charge < -0.3 is 11.1 Å². The number of rotatable bonds is 3. The fourth-order valence-electron chi connectivity index (χ4n) is 1.73. The molecule has 1 saturated carbocycles. The molecule has 0 spiro atoms. The second-order valence-corrected chi connectivity index (χ2v) is 3.75. The molecule has 0 atom stereocenters. The lowest BCUT2D eigenvalue weighted by Crippen LogP contribution is -2.47. The van der Waals surface area contributed by atoms with Crippen LogP contribution < -0.4 is 22.3 Å². The Balaban J connectivity index is 2.37. The van der Waals surface area contributed by atoms with Gasteiger partial charge in [-0.2, -0.15) is 0 Å². The minimum Gasteiger partial charge on any atom is -0.368 e. The predicted molar refractivity (Wildman–Crippen MR) is 58.8 cm³/mol. The number of primary amides is 1. The molecule has 1 aliphatic carbocycles. The average molecular weight is 213 g/mol. The maximum absolute atomic E-state index is 10.5. The van der Waals surface area contributed by atoms with E-state index in [0.29, 0.717) is 12.0 Å². The summed E-state index contributed by atoms with van der Waals surface area (Å²) in [6.07, 6.45) is 5.99. The number of nitrogens with zero attached hydrogens (tertiary/aromatic N) is 1. The molecule has 0 aromatic rings. The summed E-state index contributed by atoms with van der Waals surface area (Å²) in [5.74, 6) is 5.26. The number of hydrogen-bond acceptors (Lipinski definition) is 3. The Kier molecular flexibility index (Phi) is 4.89. The topological polar surface area (TPSA) is 106 Å². The highest BCUT2D eigenvalue weighted by molar-refractivity contribution is 5.83. The van der Waals surface area contributed by atoms with Gasteiger partial charge in [0.1, 0.15) is 6.54 Å². The van der Waals surface area contributed by atoms with Gasteiger partial charge in [-0.25, -0.2) is 10.8 Å². The van der Waals surface area contributed by atoms with Crippen LogP contribution in [0, 0.1) is 0 Å². The van der Waals surface area contributed by atoms with Crippen molar-refractivity contribution in [1.82, 2.24) is 10.7 Å². The van der Waals surface area contributed by atoms with Crippen molar-refractivity contribution >= 4 is 11.9 Å². The van der Waals surface area contributed by atoms with Crippen LogP contribution in [0.1, 0.15) is 32.1 Å². The Labute approximate surface area is 89.5 Å². The molecule has 1 aliphatic rings. The van der Waals surface area contributed by atoms with Gasteiger partial charge in [-0.3, -0.25) is 10.2 Å². The molecule has 0 aromatic carbocycles. The highest BCUT2D eigenvalue weighted by Crippen LogP contribution is 2.16. The number of aliphatic imine (C=N–C) groups is 1. The zero-order valence-electron chi connectivity index (χ0n) is 8.83. The Morgan fingerprint density at radius 3 is 2.53 bits per heavy atom. The first kappa shape index (κ1) is 11.8. The molecule has 0 heterocycles. The van der Waals surface area contributed by atoms with Crippen LogP contribution in [0.2, 0.25) is 0 Å². The minimum absolute atomic E-state index is 0.0424. The second kappa shape index (κ2) is 6.23. The summed E-state index contributed by atoms with van der Waals surface area (Å²) >= 11 is 0. The van der Waals surface area contributed by atoms with Crippen LogP contribution >= 0.6 is 0 Å². The normalized spacial score (nSPS) is 18.6. The number of hydrazine groups is 1. The molecule has 0 aromatic heterocycles. The first-order valence-electron chi connectivity index (χ1n) is 5.28. The van der Waals surface area contributed by atoms with Gasteiger partial charge in [0, 0.05) is 6.04 Å². The molecule has 6 N–H and O–H groups in total. The maximum atomic E-state index is 10.5. The number of nitrogens with two attached hydrogens (primary N) is 2. The SMILES string of the molecule is NNC(=NCC(N)=O)NC1CCCCC1. The standard InChI is InChI=1S/C9H19N5O/c10-8(15)6-12-9(14-11)13-7-4-2-1-3-5-7/h7H,1-6,11H2,(H2,10,15)(H2,12,13,14). The molecule has 0 saturated heterocycles. The summed E-state index contributed by atoms with van der Waals surface area (Å²) in [5, 5.41) is 3.17. The molecule has 6 nitrogen and oxygen atoms in total. The molecule has 0 radical (unpaired) electrons. The van der Waals surface area contributed by atoms with E-state index in [9.17, 15) is 4.79 Å². The van der Waals surface area contributed by atoms with Gasteiger partial charge >= 0.3 is 0 Å². The van der Waals surface area contributed by atoms with E-state index in [1.807, 2.05) is 0 Å². The van der Waals surface area contributed by atoms with E-state index in [0.717, 1.165) is 12.8 Å². The monoisotopic (exact) mass is 213 g/mol. The van der Waals surface area contributed by atoms with E-state index in [2.05, 4.69) is 15.7 Å². The van der Waals surface area contributed by atoms with Crippen LogP contribution in [0.25, 0.3) is 0 Å². The summed E-state index contributed by atoms with van der Waals surface area (Å²) < 4.78 is 0. The van der Waals surface area contributed by atoms with Crippen LogP contribution in [0.3, 0.4) is 0 Å². The number of hydrogen-bond donors (Lipinski definition) is 4. The maximum Gasteiger partial charge on any atom is 0.239 e. The van der Waals surface area contributed by atoms with Crippen molar-refractivity contribution in [2.45, 2.75) is 38.1 Å². The molecule has 1 fully saturated rings. The van der Waals surface area contributed by atoms with Crippen LogP contribution in [0.15, 0.2) is 4.99 Å². The molecule has 86 valence electrons. The average Bonchev–Trinajstić information content (AvgIpc) is 2.25. The minimum atomic E-state index is -0.465. The van der Waals surface area contributed by atoms with Crippen molar-refractivity contribution in [2.24, 2.45) is 16.6 Å². The fraction of sp³-hybridized carbons (Fsp3) is 0.778. The summed E-state index contributed by atoms with van der Waals surface area (Å²) in [6, 6.07) is 0.404. The highest BCUT2D eigenvalue weighted by atomic mass is 16.1. The van der Waals surface area contributed by atoms with Gasteiger partial charge in [-0.15, -0.1) is 0 Å². The molecular weight excluding hydrogens is 194 g/mol. The lowest BCUT2D eigenvalue weighted by atomic mass is 9.96. The third kappa shape index (κ3) is 4.64. The fourth-order valence-corrected chi connectivity index (χ4v) is 1.73. The number of amides is 1. The molecule has 0 bridgehead atoms. The number of nitrogens with one attached hydrogen (secondary N) is 2. The van der Waals surface area contributed by atoms with Crippen molar-refractivity contribution in [3.05, 3.63) is 0 Å². The molecule has 0 unspecified atom stereocenters. The summed E-state index contributed by atoms with van der Waals surface area (Å²) in [4.78, 5) is 14.5. The van der Waals surface area contributed by atoms with Crippen molar-refractivity contribution in [2.75, 3.05) is 6.54 Å².